The predicted molar refractivity (Wildman–Crippen MR) is 161 cm³/mol. The number of hydrogen-bond donors (Lipinski definition) is 4. The Kier molecular flexibility index (Phi) is 7.54. The number of nitrogens with zero attached hydrogens (tertiary/aromatic N) is 8. The van der Waals surface area contributed by atoms with Crippen molar-refractivity contribution < 1.29 is 28.2 Å². The van der Waals surface area contributed by atoms with Crippen LogP contribution in [0.15, 0.2) is 30.1 Å². The molecule has 15 nitrogen and oxygen atoms in total. The molecule has 1 saturated carbocycles. The zero-order valence-electron chi connectivity index (χ0n) is 22.4. The number of aliphatic hydroxyl groups is 1. The van der Waals surface area contributed by atoms with E-state index in [0.29, 0.717) is 16.8 Å². The number of aryl methyl sites for hydroxylation is 1. The molecule has 3 fully saturated rings. The number of aliphatic hydroxyl groups excluding tert-OH is 1. The van der Waals surface area contributed by atoms with Crippen LogP contribution < -0.4 is 11.3 Å². The minimum Gasteiger partial charge on any atom is -0.388 e. The van der Waals surface area contributed by atoms with Crippen molar-refractivity contribution in [2.24, 2.45) is 13.0 Å². The standard InChI is InChI=1S/C23H27FN9O6PS3/c1-31-6-30-20-15(21(31)35)29-7-32(20)10-2-11-16(34)17(10)38-23(41)36-3-12-9(4-40(42,43)39-11)13(24)22(37-12)33-8-28-14-18(25)26-5-27-19(14)33/h5-13,16-17,22-23,34,41H,2-4H2,1H3,(H,42,43)(H2,25,26,27)/t9-,10-,11+,12-,13-,16-,17+,22-,23?/m1/s1. The third-order valence-corrected chi connectivity index (χ3v) is 11.4. The summed E-state index contributed by atoms with van der Waals surface area (Å²) >= 11 is 15.0. The van der Waals surface area contributed by atoms with E-state index in [1.807, 2.05) is 0 Å². The third kappa shape index (κ3) is 5.07. The van der Waals surface area contributed by atoms with Crippen molar-refractivity contribution in [2.75, 3.05) is 18.5 Å². The molecule has 4 aromatic heterocycles. The van der Waals surface area contributed by atoms with Gasteiger partial charge < -0.3 is 38.7 Å². The second-order valence-electron chi connectivity index (χ2n) is 10.7. The largest absolute Gasteiger partial charge is 0.388 e. The Balaban J connectivity index is 1.19. The quantitative estimate of drug-likeness (QED) is 0.175. The topological polar surface area (TPSA) is 179 Å². The second kappa shape index (κ2) is 11.0. The highest BCUT2D eigenvalue weighted by Gasteiger charge is 2.52. The number of hydrogen-bond acceptors (Lipinski definition) is 14. The molecule has 10 atom stereocenters. The number of halogens is 1. The maximum absolute atomic E-state index is 16.2. The van der Waals surface area contributed by atoms with Crippen molar-refractivity contribution in [1.29, 1.82) is 0 Å². The molecule has 4 aromatic rings. The number of fused-ring (bicyclic) bond motifs is 5. The molecule has 1 aliphatic carbocycles. The predicted octanol–water partition coefficient (Wildman–Crippen LogP) is 0.963. The van der Waals surface area contributed by atoms with Crippen LogP contribution in [0, 0.1) is 5.92 Å². The van der Waals surface area contributed by atoms with Gasteiger partial charge in [-0.15, -0.1) is 24.9 Å². The van der Waals surface area contributed by atoms with Crippen molar-refractivity contribution in [1.82, 2.24) is 38.6 Å². The number of nitrogen functional groups attached to an aromatic ring is 1. The minimum absolute atomic E-state index is 0.0448. The summed E-state index contributed by atoms with van der Waals surface area (Å²) in [5.74, 6) is -0.622. The number of anilines is 1. The molecule has 0 amide bonds. The number of thiol groups is 2. The van der Waals surface area contributed by atoms with Gasteiger partial charge in [-0.25, -0.2) is 29.3 Å². The van der Waals surface area contributed by atoms with Gasteiger partial charge >= 0.3 is 0 Å². The molecule has 0 spiro atoms. The van der Waals surface area contributed by atoms with E-state index in [0.717, 1.165) is 0 Å². The molecule has 2 unspecified atom stereocenters. The first-order valence-electron chi connectivity index (χ1n) is 13.3. The second-order valence-corrected chi connectivity index (χ2v) is 17.5. The first-order chi connectivity index (χ1) is 20.5. The highest BCUT2D eigenvalue weighted by atomic mass is 32.9. The molecule has 6 heterocycles. The van der Waals surface area contributed by atoms with Crippen LogP contribution in [0.4, 0.5) is 10.2 Å². The van der Waals surface area contributed by atoms with Crippen molar-refractivity contribution in [3.05, 3.63) is 35.7 Å². The van der Waals surface area contributed by atoms with E-state index >= 15 is 4.39 Å². The molecule has 2 bridgehead atoms. The average molecular weight is 672 g/mol. The number of ether oxygens (including phenoxy) is 3. The lowest BCUT2D eigenvalue weighted by atomic mass is 10.0. The molecule has 0 aromatic carbocycles. The van der Waals surface area contributed by atoms with Gasteiger partial charge in [-0.1, -0.05) is 11.8 Å². The highest BCUT2D eigenvalue weighted by Crippen LogP contribution is 2.59. The van der Waals surface area contributed by atoms with Crippen LogP contribution in [0.2, 0.25) is 0 Å². The van der Waals surface area contributed by atoms with Crippen molar-refractivity contribution in [2.45, 2.75) is 54.9 Å². The molecule has 3 aliphatic rings. The van der Waals surface area contributed by atoms with E-state index < -0.39 is 59.9 Å². The minimum atomic E-state index is -3.02. The Morgan fingerprint density at radius 2 is 1.84 bits per heavy atom. The van der Waals surface area contributed by atoms with Gasteiger partial charge in [0.25, 0.3) is 5.56 Å². The van der Waals surface area contributed by atoms with Crippen molar-refractivity contribution in [3.8, 4) is 0 Å². The lowest BCUT2D eigenvalue weighted by molar-refractivity contribution is -0.168. The molecule has 230 valence electrons. The normalized spacial score (nSPS) is 36.9. The summed E-state index contributed by atoms with van der Waals surface area (Å²) in [5, 5.41) is 11.4. The monoisotopic (exact) mass is 671 g/mol. The Morgan fingerprint density at radius 1 is 1.09 bits per heavy atom. The lowest BCUT2D eigenvalue weighted by Gasteiger charge is -2.31. The van der Waals surface area contributed by atoms with Crippen LogP contribution in [-0.4, -0.2) is 92.7 Å². The summed E-state index contributed by atoms with van der Waals surface area (Å²) in [5.41, 5.74) is 2.60. The average Bonchev–Trinajstić information content (AvgIpc) is 3.72. The van der Waals surface area contributed by atoms with E-state index in [2.05, 4.69) is 37.5 Å². The first-order valence-corrected chi connectivity index (χ1v) is 17.8. The number of imidazole rings is 2. The Labute approximate surface area is 258 Å². The molecule has 20 heteroatoms. The van der Waals surface area contributed by atoms with Gasteiger partial charge in [0, 0.05) is 25.5 Å². The van der Waals surface area contributed by atoms with Gasteiger partial charge in [0.1, 0.15) is 29.5 Å². The van der Waals surface area contributed by atoms with Crippen molar-refractivity contribution >= 4 is 70.3 Å². The van der Waals surface area contributed by atoms with E-state index in [-0.39, 0.29) is 36.1 Å². The van der Waals surface area contributed by atoms with Crippen molar-refractivity contribution in [3.63, 3.8) is 0 Å². The molecule has 0 radical (unpaired) electrons. The van der Waals surface area contributed by atoms with Gasteiger partial charge in [0.15, 0.2) is 35.0 Å². The molecule has 7 rings (SSSR count). The molecule has 3 N–H and O–H groups in total. The van der Waals surface area contributed by atoms with E-state index in [9.17, 15) is 9.90 Å². The summed E-state index contributed by atoms with van der Waals surface area (Å²) in [7, 11) is 1.58. The summed E-state index contributed by atoms with van der Waals surface area (Å²) in [6, 6.07) is -0.565. The van der Waals surface area contributed by atoms with Crippen LogP contribution in [0.1, 0.15) is 18.7 Å². The smallest absolute Gasteiger partial charge is 0.281 e. The number of alkyl halides is 1. The number of aromatic nitrogens is 8. The highest BCUT2D eigenvalue weighted by molar-refractivity contribution is 8.61. The summed E-state index contributed by atoms with van der Waals surface area (Å²) < 4.78 is 45.1. The van der Waals surface area contributed by atoms with Crippen LogP contribution >= 0.6 is 30.3 Å². The van der Waals surface area contributed by atoms with Gasteiger partial charge in [0.05, 0.1) is 43.8 Å². The zero-order chi connectivity index (χ0) is 30.2. The van der Waals surface area contributed by atoms with Crippen LogP contribution in [0.5, 0.6) is 0 Å². The Bertz CT molecular complexity index is 1810. The summed E-state index contributed by atoms with van der Waals surface area (Å²) in [6.45, 7) is -0.106. The van der Waals surface area contributed by atoms with E-state index in [1.54, 1.807) is 11.6 Å². The van der Waals surface area contributed by atoms with Crippen LogP contribution in [0.3, 0.4) is 0 Å². The van der Waals surface area contributed by atoms with E-state index in [1.165, 1.54) is 34.4 Å². The van der Waals surface area contributed by atoms with Gasteiger partial charge in [-0.2, -0.15) is 0 Å². The van der Waals surface area contributed by atoms with E-state index in [4.69, 9.17) is 48.5 Å². The fourth-order valence-corrected chi connectivity index (χ4v) is 9.73. The maximum atomic E-state index is 16.2. The summed E-state index contributed by atoms with van der Waals surface area (Å²) in [6.07, 6.45) is -0.533. The zero-order valence-corrected chi connectivity index (χ0v) is 25.9. The number of rotatable bonds is 2. The van der Waals surface area contributed by atoms with Crippen LogP contribution in [-0.2, 0) is 37.6 Å². The van der Waals surface area contributed by atoms with Gasteiger partial charge in [0.2, 0.25) is 5.62 Å². The lowest BCUT2D eigenvalue weighted by Crippen LogP contribution is -2.39. The van der Waals surface area contributed by atoms with Gasteiger partial charge in [-0.05, 0) is 0 Å². The Hall–Kier alpha value is -2.22. The Morgan fingerprint density at radius 3 is 2.65 bits per heavy atom. The van der Waals surface area contributed by atoms with Gasteiger partial charge in [-0.3, -0.25) is 9.36 Å². The molecule has 2 saturated heterocycles. The fourth-order valence-electron chi connectivity index (χ4n) is 6.04. The molecule has 43 heavy (non-hydrogen) atoms. The van der Waals surface area contributed by atoms with Crippen LogP contribution in [0.25, 0.3) is 22.3 Å². The fraction of sp³-hybridized carbons (Fsp3) is 0.565. The third-order valence-electron chi connectivity index (χ3n) is 8.12. The first kappa shape index (κ1) is 29.5. The molecular formula is C23H27FN9O6PS3. The molecular weight excluding hydrogens is 644 g/mol. The molecule has 2 aliphatic heterocycles. The maximum Gasteiger partial charge on any atom is 0.281 e. The summed E-state index contributed by atoms with van der Waals surface area (Å²) in [4.78, 5) is 33.6. The SMILES string of the molecule is Cn1cnc2c(ncn2[C@@H]2C[C@@H]3OP(=S)(S)C[C@H]4[C@@H](F)[C@H](n5cnc6c(N)ncnc65)O[C@@H]4COC(S)O[C@@H]2[C@@H]3O)c1=O. The number of nitrogens with two attached hydrogens (primary N) is 1.